The summed E-state index contributed by atoms with van der Waals surface area (Å²) in [5, 5.41) is 1.04. The smallest absolute Gasteiger partial charge is 0.177 e. The highest BCUT2D eigenvalue weighted by atomic mass is 79.9. The minimum atomic E-state index is 0.693. The van der Waals surface area contributed by atoms with Crippen LogP contribution in [-0.4, -0.2) is 6.61 Å². The Hall–Kier alpha value is -1.74. The van der Waals surface area contributed by atoms with Crippen molar-refractivity contribution >= 4 is 26.9 Å². The molecule has 0 radical (unpaired) electrons. The fraction of sp³-hybridized carbons (Fsp3) is 0.176. The van der Waals surface area contributed by atoms with Gasteiger partial charge in [0.05, 0.1) is 6.61 Å². The maximum absolute atomic E-state index is 6.01. The van der Waals surface area contributed by atoms with E-state index in [1.54, 1.807) is 0 Å². The van der Waals surface area contributed by atoms with Crippen LogP contribution in [0.1, 0.15) is 13.3 Å². The summed E-state index contributed by atoms with van der Waals surface area (Å²) in [4.78, 5) is 0. The minimum absolute atomic E-state index is 0.693. The van der Waals surface area contributed by atoms with Gasteiger partial charge in [0.2, 0.25) is 0 Å². The number of ether oxygens (including phenoxy) is 1. The third kappa shape index (κ3) is 2.46. The Morgan fingerprint density at radius 3 is 2.65 bits per heavy atom. The number of rotatable bonds is 4. The monoisotopic (exact) mass is 330 g/mol. The van der Waals surface area contributed by atoms with Gasteiger partial charge in [0.1, 0.15) is 5.76 Å². The molecule has 0 fully saturated rings. The molecule has 0 aliphatic carbocycles. The van der Waals surface area contributed by atoms with Gasteiger partial charge in [0, 0.05) is 15.4 Å². The van der Waals surface area contributed by atoms with E-state index < -0.39 is 0 Å². The van der Waals surface area contributed by atoms with Crippen LogP contribution in [0.4, 0.5) is 0 Å². The van der Waals surface area contributed by atoms with Crippen molar-refractivity contribution in [1.29, 1.82) is 0 Å². The first-order valence-electron chi connectivity index (χ1n) is 6.70. The molecule has 0 saturated carbocycles. The maximum Gasteiger partial charge on any atom is 0.177 e. The van der Waals surface area contributed by atoms with Gasteiger partial charge >= 0.3 is 0 Å². The first-order chi connectivity index (χ1) is 9.79. The number of halogens is 1. The van der Waals surface area contributed by atoms with Crippen LogP contribution in [0.5, 0.6) is 5.75 Å². The number of furan rings is 1. The van der Waals surface area contributed by atoms with Gasteiger partial charge in [-0.25, -0.2) is 0 Å². The second kappa shape index (κ2) is 5.71. The third-order valence-electron chi connectivity index (χ3n) is 3.11. The average molecular weight is 331 g/mol. The van der Waals surface area contributed by atoms with E-state index >= 15 is 0 Å². The Labute approximate surface area is 126 Å². The van der Waals surface area contributed by atoms with E-state index in [1.807, 2.05) is 48.5 Å². The van der Waals surface area contributed by atoms with E-state index in [0.717, 1.165) is 38.9 Å². The van der Waals surface area contributed by atoms with E-state index in [9.17, 15) is 0 Å². The van der Waals surface area contributed by atoms with Crippen LogP contribution < -0.4 is 4.74 Å². The van der Waals surface area contributed by atoms with Gasteiger partial charge in [-0.15, -0.1) is 0 Å². The third-order valence-corrected chi connectivity index (χ3v) is 3.81. The topological polar surface area (TPSA) is 22.4 Å². The fourth-order valence-corrected chi connectivity index (χ4v) is 2.56. The lowest BCUT2D eigenvalue weighted by Crippen LogP contribution is -1.94. The summed E-state index contributed by atoms with van der Waals surface area (Å²) < 4.78 is 12.8. The van der Waals surface area contributed by atoms with Gasteiger partial charge in [-0.05, 0) is 24.6 Å². The van der Waals surface area contributed by atoms with Crippen molar-refractivity contribution in [2.45, 2.75) is 13.3 Å². The quantitative estimate of drug-likeness (QED) is 0.616. The molecule has 0 spiro atoms. The Bertz CT molecular complexity index is 716. The summed E-state index contributed by atoms with van der Waals surface area (Å²) in [5.41, 5.74) is 1.86. The van der Waals surface area contributed by atoms with Crippen molar-refractivity contribution in [3.05, 3.63) is 53.0 Å². The lowest BCUT2D eigenvalue weighted by molar-refractivity contribution is 0.316. The summed E-state index contributed by atoms with van der Waals surface area (Å²) in [5.74, 6) is 1.65. The molecule has 1 heterocycles. The highest BCUT2D eigenvalue weighted by Crippen LogP contribution is 2.37. The van der Waals surface area contributed by atoms with Crippen molar-refractivity contribution < 1.29 is 9.15 Å². The lowest BCUT2D eigenvalue weighted by Gasteiger charge is -2.05. The van der Waals surface area contributed by atoms with Crippen molar-refractivity contribution in [1.82, 2.24) is 0 Å². The van der Waals surface area contributed by atoms with Crippen LogP contribution in [0.3, 0.4) is 0 Å². The lowest BCUT2D eigenvalue weighted by atomic mass is 10.1. The van der Waals surface area contributed by atoms with Gasteiger partial charge in [0.25, 0.3) is 0 Å². The number of benzene rings is 2. The van der Waals surface area contributed by atoms with Gasteiger partial charge in [0.15, 0.2) is 11.3 Å². The van der Waals surface area contributed by atoms with Crippen molar-refractivity contribution in [2.24, 2.45) is 0 Å². The van der Waals surface area contributed by atoms with Gasteiger partial charge < -0.3 is 9.15 Å². The summed E-state index contributed by atoms with van der Waals surface area (Å²) in [6.45, 7) is 2.78. The molecular weight excluding hydrogens is 316 g/mol. The molecule has 0 aliphatic heterocycles. The number of hydrogen-bond acceptors (Lipinski definition) is 2. The molecule has 3 aromatic rings. The molecule has 0 amide bonds. The van der Waals surface area contributed by atoms with Crippen LogP contribution in [0, 0.1) is 0 Å². The van der Waals surface area contributed by atoms with Crippen LogP contribution >= 0.6 is 15.9 Å². The van der Waals surface area contributed by atoms with E-state index in [4.69, 9.17) is 9.15 Å². The number of hydrogen-bond donors (Lipinski definition) is 0. The SMILES string of the molecule is CCCOc1ccc(Br)c2cc(-c3ccccc3)oc12. The summed E-state index contributed by atoms with van der Waals surface area (Å²) in [6, 6.07) is 16.1. The zero-order chi connectivity index (χ0) is 13.9. The highest BCUT2D eigenvalue weighted by Gasteiger charge is 2.13. The molecular formula is C17H15BrO2. The Kier molecular flexibility index (Phi) is 3.79. The molecule has 3 rings (SSSR count). The van der Waals surface area contributed by atoms with E-state index in [2.05, 4.69) is 22.9 Å². The number of fused-ring (bicyclic) bond motifs is 1. The first-order valence-corrected chi connectivity index (χ1v) is 7.49. The maximum atomic E-state index is 6.01. The molecule has 0 aliphatic rings. The van der Waals surface area contributed by atoms with E-state index in [1.165, 1.54) is 0 Å². The highest BCUT2D eigenvalue weighted by molar-refractivity contribution is 9.10. The van der Waals surface area contributed by atoms with Crippen LogP contribution in [0.25, 0.3) is 22.3 Å². The average Bonchev–Trinajstić information content (AvgIpc) is 2.94. The van der Waals surface area contributed by atoms with E-state index in [-0.39, 0.29) is 0 Å². The second-order valence-corrected chi connectivity index (χ2v) is 5.47. The Morgan fingerprint density at radius 1 is 1.10 bits per heavy atom. The van der Waals surface area contributed by atoms with Crippen LogP contribution in [-0.2, 0) is 0 Å². The zero-order valence-electron chi connectivity index (χ0n) is 11.2. The molecule has 0 N–H and O–H groups in total. The first kappa shape index (κ1) is 13.3. The summed E-state index contributed by atoms with van der Waals surface area (Å²) in [7, 11) is 0. The van der Waals surface area contributed by atoms with Crippen LogP contribution in [0.15, 0.2) is 57.4 Å². The molecule has 0 saturated heterocycles. The standard InChI is InChI=1S/C17H15BrO2/c1-2-10-19-15-9-8-14(18)13-11-16(20-17(13)15)12-6-4-3-5-7-12/h3-9,11H,2,10H2,1H3. The Balaban J connectivity index is 2.12. The minimum Gasteiger partial charge on any atom is -0.490 e. The molecule has 102 valence electrons. The van der Waals surface area contributed by atoms with Gasteiger partial charge in [-0.3, -0.25) is 0 Å². The van der Waals surface area contributed by atoms with Gasteiger partial charge in [-0.2, -0.15) is 0 Å². The summed E-state index contributed by atoms with van der Waals surface area (Å²) in [6.07, 6.45) is 0.976. The molecule has 20 heavy (non-hydrogen) atoms. The molecule has 0 unspecified atom stereocenters. The summed E-state index contributed by atoms with van der Waals surface area (Å²) >= 11 is 3.57. The predicted molar refractivity (Wildman–Crippen MR) is 85.1 cm³/mol. The van der Waals surface area contributed by atoms with Crippen molar-refractivity contribution in [3.63, 3.8) is 0 Å². The zero-order valence-corrected chi connectivity index (χ0v) is 12.8. The molecule has 0 atom stereocenters. The fourth-order valence-electron chi connectivity index (χ4n) is 2.14. The Morgan fingerprint density at radius 2 is 1.90 bits per heavy atom. The molecule has 1 aromatic heterocycles. The molecule has 0 bridgehead atoms. The molecule has 2 aromatic carbocycles. The molecule has 2 nitrogen and oxygen atoms in total. The molecule has 3 heteroatoms. The van der Waals surface area contributed by atoms with Crippen molar-refractivity contribution in [3.8, 4) is 17.1 Å². The normalized spacial score (nSPS) is 10.9. The van der Waals surface area contributed by atoms with Crippen molar-refractivity contribution in [2.75, 3.05) is 6.61 Å². The van der Waals surface area contributed by atoms with Crippen LogP contribution in [0.2, 0.25) is 0 Å². The predicted octanol–water partition coefficient (Wildman–Crippen LogP) is 5.65. The van der Waals surface area contributed by atoms with E-state index in [0.29, 0.717) is 6.61 Å². The van der Waals surface area contributed by atoms with Gasteiger partial charge in [-0.1, -0.05) is 53.2 Å². The largest absolute Gasteiger partial charge is 0.490 e. The second-order valence-electron chi connectivity index (χ2n) is 4.61.